The lowest BCUT2D eigenvalue weighted by atomic mass is 9.79. The lowest BCUT2D eigenvalue weighted by molar-refractivity contribution is -0.133. The summed E-state index contributed by atoms with van der Waals surface area (Å²) in [5.74, 6) is 2.81. The average Bonchev–Trinajstić information content (AvgIpc) is 3.86. The zero-order valence-electron chi connectivity index (χ0n) is 34.8. The van der Waals surface area contributed by atoms with Crippen LogP contribution in [-0.4, -0.2) is 62.9 Å². The second-order valence-electron chi connectivity index (χ2n) is 15.0. The maximum absolute atomic E-state index is 12.5. The van der Waals surface area contributed by atoms with Crippen molar-refractivity contribution in [2.75, 3.05) is 35.0 Å². The lowest BCUT2D eigenvalue weighted by Gasteiger charge is -2.41. The van der Waals surface area contributed by atoms with E-state index >= 15 is 0 Å². The monoisotopic (exact) mass is 830 g/mol. The molecule has 0 unspecified atom stereocenters. The van der Waals surface area contributed by atoms with Gasteiger partial charge in [0, 0.05) is 12.3 Å². The fourth-order valence-electron chi connectivity index (χ4n) is 8.65. The van der Waals surface area contributed by atoms with Gasteiger partial charge in [-0.25, -0.2) is 0 Å². The molecule has 1 saturated heterocycles. The third kappa shape index (κ3) is 7.23. The Labute approximate surface area is 359 Å². The highest BCUT2D eigenvalue weighted by Crippen LogP contribution is 2.49. The highest BCUT2D eigenvalue weighted by Gasteiger charge is 2.57. The molecule has 2 aliphatic heterocycles. The van der Waals surface area contributed by atoms with Gasteiger partial charge in [0.15, 0.2) is 12.3 Å². The van der Waals surface area contributed by atoms with Gasteiger partial charge in [0.25, 0.3) is 5.56 Å². The number of hydrogen-bond donors (Lipinski definition) is 0. The molecule has 7 aromatic rings. The first-order valence-electron chi connectivity index (χ1n) is 20.3. The first-order chi connectivity index (χ1) is 30.4. The molecule has 0 radical (unpaired) electrons. The molecular formula is C51H46N2O9. The van der Waals surface area contributed by atoms with E-state index in [1.54, 1.807) is 39.2 Å². The van der Waals surface area contributed by atoms with Gasteiger partial charge in [-0.1, -0.05) is 109 Å². The van der Waals surface area contributed by atoms with Crippen molar-refractivity contribution < 1.29 is 37.9 Å². The summed E-state index contributed by atoms with van der Waals surface area (Å²) in [7, 11) is 6.57. The minimum absolute atomic E-state index is 0.0348. The molecule has 0 aliphatic carbocycles. The number of ether oxygens (including phenoxy) is 8. The smallest absolute Gasteiger partial charge is 0.302 e. The highest BCUT2D eigenvalue weighted by molar-refractivity contribution is 5.51. The molecule has 0 amide bonds. The van der Waals surface area contributed by atoms with Crippen molar-refractivity contribution in [3.05, 3.63) is 214 Å². The molecule has 9 rings (SSSR count). The fraction of sp³-hybridized carbons (Fsp3) is 0.216. The Hall–Kier alpha value is -6.92. The Bertz CT molecular complexity index is 2540. The molecule has 0 bridgehead atoms. The van der Waals surface area contributed by atoms with Crippen LogP contribution in [-0.2, 0) is 25.4 Å². The second-order valence-corrected chi connectivity index (χ2v) is 15.0. The summed E-state index contributed by atoms with van der Waals surface area (Å²) in [6.45, 7) is 0.0348. The van der Waals surface area contributed by atoms with E-state index < -0.39 is 41.3 Å². The van der Waals surface area contributed by atoms with E-state index in [0.717, 1.165) is 33.4 Å². The van der Waals surface area contributed by atoms with E-state index in [1.165, 1.54) is 6.07 Å². The molecular weight excluding hydrogens is 785 g/mol. The molecule has 6 aromatic carbocycles. The van der Waals surface area contributed by atoms with Crippen LogP contribution in [0.2, 0.25) is 0 Å². The largest absolute Gasteiger partial charge is 0.497 e. The molecule has 0 N–H and O–H groups in total. The molecule has 62 heavy (non-hydrogen) atoms. The fourth-order valence-corrected chi connectivity index (χ4v) is 8.65. The molecule has 1 aromatic heterocycles. The molecule has 11 nitrogen and oxygen atoms in total. The van der Waals surface area contributed by atoms with Gasteiger partial charge < -0.3 is 37.9 Å². The molecule has 0 saturated carbocycles. The molecule has 1 fully saturated rings. The molecule has 0 spiro atoms. The highest BCUT2D eigenvalue weighted by atomic mass is 16.7. The number of methoxy groups -OCH3 is 4. The Morgan fingerprint density at radius 3 is 1.37 bits per heavy atom. The Morgan fingerprint density at radius 1 is 0.532 bits per heavy atom. The average molecular weight is 831 g/mol. The van der Waals surface area contributed by atoms with Crippen LogP contribution in [0.3, 0.4) is 0 Å². The van der Waals surface area contributed by atoms with Gasteiger partial charge in [0.2, 0.25) is 0 Å². The van der Waals surface area contributed by atoms with E-state index in [1.807, 2.05) is 146 Å². The van der Waals surface area contributed by atoms with E-state index in [0.29, 0.717) is 23.0 Å². The molecule has 11 heteroatoms. The SMILES string of the molecule is COc1ccc(C(OC[C@H]2O[C@@H]3[C@@H](Oc4nc(=O)ccn43)[C@@H]2OC(c2ccccc2)(c2ccc(OC)cc2)c2ccc(OC)cc2)(c2ccccc2)c2ccc(OC)cc2)cc1. The van der Waals surface area contributed by atoms with Crippen molar-refractivity contribution in [3.63, 3.8) is 0 Å². The van der Waals surface area contributed by atoms with Gasteiger partial charge in [0.1, 0.15) is 46.4 Å². The number of nitrogens with zero attached hydrogens (tertiary/aromatic N) is 2. The predicted octanol–water partition coefficient (Wildman–Crippen LogP) is 8.32. The lowest BCUT2D eigenvalue weighted by Crippen LogP contribution is -2.47. The second kappa shape index (κ2) is 17.2. The summed E-state index contributed by atoms with van der Waals surface area (Å²) >= 11 is 0. The molecule has 4 atom stereocenters. The maximum Gasteiger partial charge on any atom is 0.302 e. The quantitative estimate of drug-likeness (QED) is 0.0937. The summed E-state index contributed by atoms with van der Waals surface area (Å²) in [6.07, 6.45) is -1.36. The number of rotatable bonds is 15. The summed E-state index contributed by atoms with van der Waals surface area (Å²) in [5, 5.41) is 0. The van der Waals surface area contributed by atoms with Crippen molar-refractivity contribution in [1.82, 2.24) is 9.55 Å². The Kier molecular flexibility index (Phi) is 11.2. The molecule has 2 aliphatic rings. The van der Waals surface area contributed by atoms with Crippen molar-refractivity contribution in [1.29, 1.82) is 0 Å². The summed E-state index contributed by atoms with van der Waals surface area (Å²) in [5.41, 5.74) is 2.32. The molecule has 314 valence electrons. The summed E-state index contributed by atoms with van der Waals surface area (Å²) in [4.78, 5) is 16.8. The Morgan fingerprint density at radius 2 is 0.935 bits per heavy atom. The van der Waals surface area contributed by atoms with Crippen molar-refractivity contribution in [3.8, 4) is 29.0 Å². The van der Waals surface area contributed by atoms with Crippen LogP contribution in [0, 0.1) is 0 Å². The zero-order valence-corrected chi connectivity index (χ0v) is 34.8. The van der Waals surface area contributed by atoms with E-state index in [-0.39, 0.29) is 12.6 Å². The predicted molar refractivity (Wildman–Crippen MR) is 232 cm³/mol. The number of fused-ring (bicyclic) bond motifs is 3. The van der Waals surface area contributed by atoms with Crippen LogP contribution < -0.4 is 29.2 Å². The summed E-state index contributed by atoms with van der Waals surface area (Å²) < 4.78 is 53.0. The van der Waals surface area contributed by atoms with E-state index in [9.17, 15) is 4.79 Å². The summed E-state index contributed by atoms with van der Waals surface area (Å²) in [6, 6.07) is 53.2. The van der Waals surface area contributed by atoms with Crippen LogP contribution in [0.1, 0.15) is 39.6 Å². The molecule has 3 heterocycles. The van der Waals surface area contributed by atoms with Crippen LogP contribution >= 0.6 is 0 Å². The third-order valence-corrected chi connectivity index (χ3v) is 11.7. The number of benzene rings is 6. The number of hydrogen-bond acceptors (Lipinski definition) is 10. The first-order valence-corrected chi connectivity index (χ1v) is 20.3. The minimum Gasteiger partial charge on any atom is -0.497 e. The van der Waals surface area contributed by atoms with Crippen molar-refractivity contribution in [2.24, 2.45) is 0 Å². The van der Waals surface area contributed by atoms with E-state index in [4.69, 9.17) is 37.9 Å². The third-order valence-electron chi connectivity index (χ3n) is 11.7. The van der Waals surface area contributed by atoms with Gasteiger partial charge in [0.05, 0.1) is 35.0 Å². The zero-order chi connectivity index (χ0) is 42.7. The van der Waals surface area contributed by atoms with Crippen molar-refractivity contribution in [2.45, 2.75) is 35.7 Å². The number of aromatic nitrogens is 2. The van der Waals surface area contributed by atoms with Gasteiger partial charge in [-0.3, -0.25) is 9.36 Å². The van der Waals surface area contributed by atoms with Crippen LogP contribution in [0.5, 0.6) is 29.0 Å². The van der Waals surface area contributed by atoms with Gasteiger partial charge in [-0.2, -0.15) is 4.98 Å². The van der Waals surface area contributed by atoms with Crippen LogP contribution in [0.15, 0.2) is 175 Å². The normalized spacial score (nSPS) is 18.0. The van der Waals surface area contributed by atoms with Gasteiger partial charge in [-0.15, -0.1) is 0 Å². The van der Waals surface area contributed by atoms with Gasteiger partial charge >= 0.3 is 6.01 Å². The topological polar surface area (TPSA) is 109 Å². The van der Waals surface area contributed by atoms with Crippen molar-refractivity contribution >= 4 is 0 Å². The first kappa shape index (κ1) is 40.5. The van der Waals surface area contributed by atoms with Gasteiger partial charge in [-0.05, 0) is 81.9 Å². The standard InChI is InChI=1S/C51H46N2O9/c1-55-40-23-15-36(16-24-40)50(34-11-7-5-8-12-34,37-17-25-41(56-2)26-18-37)59-33-44-46(47-48(60-44)53-32-31-45(54)52-49(53)61-47)62-51(35-13-9-6-10-14-35,38-19-27-42(57-3)28-20-38)39-21-29-43(58-4)30-22-39/h5-32,44,46-48H,33H2,1-4H3/t44-,46-,47+,48-/m1/s1. The van der Waals surface area contributed by atoms with Crippen LogP contribution in [0.25, 0.3) is 0 Å². The maximum atomic E-state index is 12.5. The minimum atomic E-state index is -1.25. The van der Waals surface area contributed by atoms with E-state index in [2.05, 4.69) is 17.1 Å². The Balaban J connectivity index is 1.22. The van der Waals surface area contributed by atoms with Crippen LogP contribution in [0.4, 0.5) is 0 Å².